The molecule has 13 heavy (non-hydrogen) atoms. The molecule has 0 unspecified atom stereocenters. The number of carboxylic acid groups (broad SMARTS) is 1. The zero-order chi connectivity index (χ0) is 9.94. The fourth-order valence-electron chi connectivity index (χ4n) is 0.839. The highest BCUT2D eigenvalue weighted by Gasteiger charge is 1.87. The number of aliphatic imine (C=N–C) groups is 1. The second kappa shape index (κ2) is 8.97. The number of unbranched alkanes of at least 4 members (excludes halogenated alkanes) is 3. The van der Waals surface area contributed by atoms with Gasteiger partial charge in [-0.3, -0.25) is 9.79 Å². The Kier molecular flexibility index (Phi) is 8.20. The smallest absolute Gasteiger partial charge is 0.308 e. The number of aliphatic carboxylic acids is 1. The molecule has 0 aromatic heterocycles. The van der Waals surface area contributed by atoms with E-state index in [-0.39, 0.29) is 6.42 Å². The summed E-state index contributed by atoms with van der Waals surface area (Å²) in [6.45, 7) is 2.16. The summed E-state index contributed by atoms with van der Waals surface area (Å²) < 4.78 is 0. The van der Waals surface area contributed by atoms with Gasteiger partial charge in [-0.25, -0.2) is 0 Å². The minimum atomic E-state index is -0.844. The topological polar surface area (TPSA) is 49.7 Å². The van der Waals surface area contributed by atoms with Gasteiger partial charge in [0.2, 0.25) is 0 Å². The number of hydrogen-bond acceptors (Lipinski definition) is 2. The molecule has 74 valence electrons. The minimum absolute atomic E-state index is 0.000694. The van der Waals surface area contributed by atoms with Gasteiger partial charge in [0.15, 0.2) is 0 Å². The Morgan fingerprint density at radius 3 is 2.85 bits per heavy atom. The summed E-state index contributed by atoms with van der Waals surface area (Å²) in [5.41, 5.74) is 0. The van der Waals surface area contributed by atoms with E-state index >= 15 is 0 Å². The van der Waals surface area contributed by atoms with E-state index in [0.717, 1.165) is 6.42 Å². The molecule has 0 saturated carbocycles. The van der Waals surface area contributed by atoms with Crippen LogP contribution in [0.1, 0.15) is 39.0 Å². The molecule has 0 rings (SSSR count). The lowest BCUT2D eigenvalue weighted by atomic mass is 10.2. The molecule has 0 aliphatic carbocycles. The third-order valence-electron chi connectivity index (χ3n) is 1.54. The maximum absolute atomic E-state index is 10.1. The van der Waals surface area contributed by atoms with Crippen LogP contribution in [0.4, 0.5) is 0 Å². The predicted octanol–water partition coefficient (Wildman–Crippen LogP) is 2.63. The normalized spacial score (nSPS) is 11.5. The van der Waals surface area contributed by atoms with Gasteiger partial charge in [-0.15, -0.1) is 0 Å². The van der Waals surface area contributed by atoms with Gasteiger partial charge in [0.1, 0.15) is 0 Å². The van der Waals surface area contributed by atoms with Crippen molar-refractivity contribution in [1.82, 2.24) is 0 Å². The van der Waals surface area contributed by atoms with Crippen molar-refractivity contribution in [2.45, 2.75) is 39.0 Å². The number of rotatable bonds is 7. The van der Waals surface area contributed by atoms with Crippen molar-refractivity contribution < 1.29 is 9.90 Å². The fraction of sp³-hybridized carbons (Fsp3) is 0.600. The predicted molar refractivity (Wildman–Crippen MR) is 54.0 cm³/mol. The maximum Gasteiger partial charge on any atom is 0.308 e. The Balaban J connectivity index is 3.29. The van der Waals surface area contributed by atoms with E-state index in [0.29, 0.717) is 0 Å². The summed E-state index contributed by atoms with van der Waals surface area (Å²) in [7, 11) is 0. The second-order valence-electron chi connectivity index (χ2n) is 2.81. The molecule has 0 radical (unpaired) electrons. The summed E-state index contributed by atoms with van der Waals surface area (Å²) in [5, 5.41) is 8.27. The van der Waals surface area contributed by atoms with Gasteiger partial charge >= 0.3 is 5.97 Å². The van der Waals surface area contributed by atoms with Crippen LogP contribution in [0, 0.1) is 0 Å². The van der Waals surface area contributed by atoms with Crippen LogP contribution in [0.5, 0.6) is 0 Å². The molecule has 1 N–H and O–H groups in total. The van der Waals surface area contributed by atoms with E-state index < -0.39 is 5.97 Å². The maximum atomic E-state index is 10.1. The molecular weight excluding hydrogens is 166 g/mol. The lowest BCUT2D eigenvalue weighted by Gasteiger charge is -1.89. The molecule has 3 nitrogen and oxygen atoms in total. The molecular formula is C10H17NO2. The Hall–Kier alpha value is -1.12. The molecule has 0 aromatic carbocycles. The van der Waals surface area contributed by atoms with E-state index in [1.807, 2.05) is 6.08 Å². The van der Waals surface area contributed by atoms with Crippen LogP contribution in [0.25, 0.3) is 0 Å². The first kappa shape index (κ1) is 11.9. The summed E-state index contributed by atoms with van der Waals surface area (Å²) in [4.78, 5) is 13.9. The van der Waals surface area contributed by atoms with E-state index in [1.54, 1.807) is 6.20 Å². The average molecular weight is 183 g/mol. The van der Waals surface area contributed by atoms with Crippen LogP contribution >= 0.6 is 0 Å². The zero-order valence-corrected chi connectivity index (χ0v) is 8.07. The van der Waals surface area contributed by atoms with Gasteiger partial charge in [0, 0.05) is 12.4 Å². The highest BCUT2D eigenvalue weighted by atomic mass is 16.4. The molecule has 0 bridgehead atoms. The molecule has 0 atom stereocenters. The molecule has 0 aliphatic rings. The lowest BCUT2D eigenvalue weighted by Crippen LogP contribution is -1.93. The van der Waals surface area contributed by atoms with Crippen molar-refractivity contribution in [3.63, 3.8) is 0 Å². The molecule has 0 spiro atoms. The van der Waals surface area contributed by atoms with Crippen molar-refractivity contribution in [3.05, 3.63) is 12.3 Å². The SMILES string of the molecule is CCCCCC=CN=CCC(=O)O. The first-order chi connectivity index (χ1) is 6.27. The first-order valence-electron chi connectivity index (χ1n) is 4.65. The van der Waals surface area contributed by atoms with E-state index in [4.69, 9.17) is 5.11 Å². The van der Waals surface area contributed by atoms with Gasteiger partial charge in [0.05, 0.1) is 6.42 Å². The van der Waals surface area contributed by atoms with Gasteiger partial charge < -0.3 is 5.11 Å². The highest BCUT2D eigenvalue weighted by molar-refractivity contribution is 5.84. The van der Waals surface area contributed by atoms with Crippen molar-refractivity contribution in [2.75, 3.05) is 0 Å². The first-order valence-corrected chi connectivity index (χ1v) is 4.65. The summed E-state index contributed by atoms with van der Waals surface area (Å²) in [6, 6.07) is 0. The van der Waals surface area contributed by atoms with Crippen LogP contribution in [-0.2, 0) is 4.79 Å². The van der Waals surface area contributed by atoms with Gasteiger partial charge in [-0.2, -0.15) is 0 Å². The Bertz CT molecular complexity index is 185. The summed E-state index contributed by atoms with van der Waals surface area (Å²) >= 11 is 0. The van der Waals surface area contributed by atoms with Crippen molar-refractivity contribution in [3.8, 4) is 0 Å². The van der Waals surface area contributed by atoms with Crippen molar-refractivity contribution >= 4 is 12.2 Å². The van der Waals surface area contributed by atoms with Crippen molar-refractivity contribution in [1.29, 1.82) is 0 Å². The minimum Gasteiger partial charge on any atom is -0.481 e. The fourth-order valence-corrected chi connectivity index (χ4v) is 0.839. The number of nitrogens with zero attached hydrogens (tertiary/aromatic N) is 1. The lowest BCUT2D eigenvalue weighted by molar-refractivity contribution is -0.135. The quantitative estimate of drug-likeness (QED) is 0.487. The highest BCUT2D eigenvalue weighted by Crippen LogP contribution is 1.99. The van der Waals surface area contributed by atoms with Crippen molar-refractivity contribution in [2.24, 2.45) is 4.99 Å². The number of hydrogen-bond donors (Lipinski definition) is 1. The molecule has 3 heteroatoms. The molecule has 0 saturated heterocycles. The van der Waals surface area contributed by atoms with Crippen LogP contribution < -0.4 is 0 Å². The van der Waals surface area contributed by atoms with Crippen LogP contribution in [0.15, 0.2) is 17.3 Å². The molecule has 0 aliphatic heterocycles. The molecule has 0 amide bonds. The Morgan fingerprint density at radius 2 is 2.23 bits per heavy atom. The third-order valence-corrected chi connectivity index (χ3v) is 1.54. The van der Waals surface area contributed by atoms with E-state index in [2.05, 4.69) is 11.9 Å². The summed E-state index contributed by atoms with van der Waals surface area (Å²) in [5.74, 6) is -0.844. The Labute approximate surface area is 79.2 Å². The average Bonchev–Trinajstić information content (AvgIpc) is 2.09. The van der Waals surface area contributed by atoms with Crippen LogP contribution in [0.2, 0.25) is 0 Å². The van der Waals surface area contributed by atoms with E-state index in [9.17, 15) is 4.79 Å². The number of carbonyl (C=O) groups is 1. The van der Waals surface area contributed by atoms with Crippen LogP contribution in [-0.4, -0.2) is 17.3 Å². The molecule has 0 fully saturated rings. The largest absolute Gasteiger partial charge is 0.481 e. The summed E-state index contributed by atoms with van der Waals surface area (Å²) in [6.07, 6.45) is 9.70. The Morgan fingerprint density at radius 1 is 1.46 bits per heavy atom. The van der Waals surface area contributed by atoms with Gasteiger partial charge in [-0.1, -0.05) is 25.8 Å². The van der Waals surface area contributed by atoms with Gasteiger partial charge in [0.25, 0.3) is 0 Å². The zero-order valence-electron chi connectivity index (χ0n) is 8.07. The third kappa shape index (κ3) is 10.9. The number of allylic oxidation sites excluding steroid dienone is 1. The van der Waals surface area contributed by atoms with Crippen LogP contribution in [0.3, 0.4) is 0 Å². The second-order valence-corrected chi connectivity index (χ2v) is 2.81. The number of carboxylic acids is 1. The van der Waals surface area contributed by atoms with Gasteiger partial charge in [-0.05, 0) is 12.8 Å². The molecule has 0 heterocycles. The van der Waals surface area contributed by atoms with E-state index in [1.165, 1.54) is 25.5 Å². The standard InChI is InChI=1S/C10H17NO2/c1-2-3-4-5-6-8-11-9-7-10(12)13/h6,8-9H,2-5,7H2,1H3,(H,12,13). The monoisotopic (exact) mass is 183 g/mol. The molecule has 0 aromatic rings.